The van der Waals surface area contributed by atoms with Crippen molar-refractivity contribution >= 4 is 128 Å². The summed E-state index contributed by atoms with van der Waals surface area (Å²) in [6, 6.07) is 163. The highest BCUT2D eigenvalue weighted by molar-refractivity contribution is 7.26. The minimum atomic E-state index is 0.521. The van der Waals surface area contributed by atoms with Crippen molar-refractivity contribution in [2.24, 2.45) is 0 Å². The van der Waals surface area contributed by atoms with Gasteiger partial charge in [0.15, 0.2) is 34.9 Å². The highest BCUT2D eigenvalue weighted by Gasteiger charge is 2.26. The lowest BCUT2D eigenvalue weighted by Gasteiger charge is -2.13. The van der Waals surface area contributed by atoms with E-state index in [1.165, 1.54) is 67.7 Å². The molecule has 11 nitrogen and oxygen atoms in total. The fraction of sp³-hybridized carbons (Fsp3) is 0. The highest BCUT2D eigenvalue weighted by atomic mass is 32.1. The van der Waals surface area contributed by atoms with Crippen LogP contribution in [0.2, 0.25) is 0 Å². The third-order valence-corrected chi connectivity index (χ3v) is 29.2. The molecular weight excluding hydrogens is 1710 g/mol. The molecule has 0 aliphatic heterocycles. The summed E-state index contributed by atoms with van der Waals surface area (Å²) in [5.74, 6) is 4.15. The van der Waals surface area contributed by atoms with Crippen molar-refractivity contribution in [1.82, 2.24) is 53.6 Å². The average Bonchev–Trinajstić information content (AvgIpc) is 1.56. The molecule has 19 aromatic carbocycles. The van der Waals surface area contributed by atoms with Gasteiger partial charge in [-0.2, -0.15) is 9.97 Å². The molecule has 0 atom stereocenters. The molecule has 0 N–H and O–H groups in total. The molecule has 0 aliphatic rings. The molecular formula is C124H75N11S2. The second-order valence-electron chi connectivity index (χ2n) is 34.9. The van der Waals surface area contributed by atoms with Crippen molar-refractivity contribution in [2.75, 3.05) is 0 Å². The van der Waals surface area contributed by atoms with E-state index in [1.54, 1.807) is 0 Å². The Labute approximate surface area is 794 Å². The van der Waals surface area contributed by atoms with E-state index >= 15 is 0 Å². The van der Waals surface area contributed by atoms with E-state index in [1.807, 2.05) is 108 Å². The van der Waals surface area contributed by atoms with Gasteiger partial charge in [0.25, 0.3) is 0 Å². The van der Waals surface area contributed by atoms with Crippen LogP contribution in [-0.4, -0.2) is 53.6 Å². The Morgan fingerprint density at radius 1 is 0.153 bits per heavy atom. The van der Waals surface area contributed by atoms with Crippen molar-refractivity contribution < 1.29 is 0 Å². The molecule has 638 valence electrons. The summed E-state index contributed by atoms with van der Waals surface area (Å²) in [6.07, 6.45) is 0. The Morgan fingerprint density at radius 2 is 0.467 bits per heavy atom. The largest absolute Gasteiger partial charge is 0.309 e. The van der Waals surface area contributed by atoms with Gasteiger partial charge in [-0.05, 0) is 166 Å². The van der Waals surface area contributed by atoms with Crippen LogP contribution in [0, 0.1) is 0 Å². The first kappa shape index (κ1) is 78.9. The monoisotopic (exact) mass is 1780 g/mol. The van der Waals surface area contributed by atoms with Gasteiger partial charge < -0.3 is 9.13 Å². The van der Waals surface area contributed by atoms with Crippen molar-refractivity contribution in [3.8, 4) is 164 Å². The number of hydrogen-bond donors (Lipinski definition) is 0. The van der Waals surface area contributed by atoms with Crippen LogP contribution >= 0.6 is 22.7 Å². The van der Waals surface area contributed by atoms with Gasteiger partial charge in [-0.25, -0.2) is 29.9 Å². The molecule has 27 rings (SSSR count). The number of thiophene rings is 2. The number of nitrogens with zero attached hydrogens (tertiary/aromatic N) is 11. The molecule has 0 saturated heterocycles. The van der Waals surface area contributed by atoms with E-state index < -0.39 is 0 Å². The summed E-state index contributed by atoms with van der Waals surface area (Å²) in [7, 11) is 0. The second kappa shape index (κ2) is 32.5. The molecule has 0 amide bonds. The molecule has 0 unspecified atom stereocenters. The highest BCUT2D eigenvalue weighted by Crippen LogP contribution is 2.49. The smallest absolute Gasteiger partial charge is 0.238 e. The van der Waals surface area contributed by atoms with Crippen LogP contribution in [0.15, 0.2) is 455 Å². The molecule has 137 heavy (non-hydrogen) atoms. The van der Waals surface area contributed by atoms with Crippen molar-refractivity contribution in [3.63, 3.8) is 0 Å². The maximum Gasteiger partial charge on any atom is 0.238 e. The lowest BCUT2D eigenvalue weighted by molar-refractivity contribution is 0.953. The van der Waals surface area contributed by atoms with Crippen LogP contribution in [0.25, 0.3) is 270 Å². The molecule has 0 radical (unpaired) electrons. The van der Waals surface area contributed by atoms with Crippen LogP contribution in [-0.2, 0) is 0 Å². The first-order chi connectivity index (χ1) is 67.8. The van der Waals surface area contributed by atoms with E-state index in [2.05, 4.69) is 384 Å². The van der Waals surface area contributed by atoms with E-state index in [4.69, 9.17) is 39.9 Å². The van der Waals surface area contributed by atoms with Gasteiger partial charge in [0.05, 0.1) is 44.5 Å². The summed E-state index contributed by atoms with van der Waals surface area (Å²) in [5.41, 5.74) is 28.9. The van der Waals surface area contributed by atoms with E-state index in [0.29, 0.717) is 40.9 Å². The quantitative estimate of drug-likeness (QED) is 0.0939. The Hall–Kier alpha value is -17.9. The van der Waals surface area contributed by atoms with Gasteiger partial charge in [-0.1, -0.05) is 334 Å². The van der Waals surface area contributed by atoms with Gasteiger partial charge in [0.1, 0.15) is 0 Å². The summed E-state index contributed by atoms with van der Waals surface area (Å²) < 4.78 is 11.9. The van der Waals surface area contributed by atoms with Crippen molar-refractivity contribution in [2.45, 2.75) is 0 Å². The summed E-state index contributed by atoms with van der Waals surface area (Å²) in [4.78, 5) is 42.3. The lowest BCUT2D eigenvalue weighted by atomic mass is 9.94. The minimum absolute atomic E-state index is 0.521. The molecule has 8 aromatic heterocycles. The zero-order valence-corrected chi connectivity index (χ0v) is 75.2. The standard InChI is InChI=1S/C124H75N11S2/c1-5-27-79(28-6-1)106-75-107(126-118(125-106)83-55-51-76(52-56-83)77-59-63-92(64-60-77)133-108-45-19-13-39-94(108)95-40-14-20-46-109(95)133)88-36-25-35-85(67-88)91-72-101(117-105(74-91)99-44-18-24-50-115(99)137-117)87-62-66-113-103(70-87)97-42-16-22-48-111(97)135(113)124-131-121(82-33-11-4-12-34-82)130-122(132-124)84-57-53-78(54-58-84)90-71-100(116-104(73-90)98-43-17-23-49-114(98)136-116)86-61-65-112-102(69-86)96-41-15-21-47-110(96)134(112)93-38-26-37-89(68-93)123-128-119(80-29-7-2-8-30-80)127-120(129-123)81-31-9-3-10-32-81/h1-75H. The third kappa shape index (κ3) is 13.8. The van der Waals surface area contributed by atoms with Crippen LogP contribution in [0.1, 0.15) is 0 Å². The number of benzene rings is 19. The topological polar surface area (TPSA) is 118 Å². The molecule has 0 aliphatic carbocycles. The number of hydrogen-bond acceptors (Lipinski definition) is 10. The Bertz CT molecular complexity index is 9410. The van der Waals surface area contributed by atoms with Crippen LogP contribution in [0.4, 0.5) is 0 Å². The van der Waals surface area contributed by atoms with Gasteiger partial charge in [0.2, 0.25) is 5.95 Å². The maximum absolute atomic E-state index is 5.53. The summed E-state index contributed by atoms with van der Waals surface area (Å²) in [5, 5.41) is 11.8. The fourth-order valence-electron chi connectivity index (χ4n) is 20.2. The molecule has 27 aromatic rings. The third-order valence-electron chi connectivity index (χ3n) is 26.8. The van der Waals surface area contributed by atoms with Crippen LogP contribution in [0.5, 0.6) is 0 Å². The van der Waals surface area contributed by atoms with Gasteiger partial charge in [-0.15, -0.1) is 22.7 Å². The SMILES string of the molecule is c1ccc(-c2cc(-c3cccc(-c4cc(-c5ccc6c(c5)c5ccccc5n6-c5nc(-c6ccccc6)nc(-c6ccc(-c7cc(-c8ccc9c(c8)c8ccccc8n9-c8cccc(-c9nc(-c%10ccccc%10)nc(-c%10ccccc%10)n9)c8)c8sc9ccccc9c8c7)cc6)n5)c5sc6ccccc6c5c4)c3)nc(-c3ccc(-c4ccc(-n5c6ccccc6c6ccccc65)cc4)cc3)n2)cc1. The second-order valence-corrected chi connectivity index (χ2v) is 37.0. The number of para-hydroxylation sites is 4. The van der Waals surface area contributed by atoms with E-state index in [9.17, 15) is 0 Å². The summed E-state index contributed by atoms with van der Waals surface area (Å²) >= 11 is 3.69. The predicted molar refractivity (Wildman–Crippen MR) is 568 cm³/mol. The van der Waals surface area contributed by atoms with Crippen LogP contribution in [0.3, 0.4) is 0 Å². The van der Waals surface area contributed by atoms with Crippen molar-refractivity contribution in [3.05, 3.63) is 455 Å². The predicted octanol–water partition coefficient (Wildman–Crippen LogP) is 32.5. The zero-order valence-electron chi connectivity index (χ0n) is 73.5. The number of fused-ring (bicyclic) bond motifs is 15. The fourth-order valence-corrected chi connectivity index (χ4v) is 22.6. The first-order valence-corrected chi connectivity index (χ1v) is 47.6. The molecule has 0 saturated carbocycles. The minimum Gasteiger partial charge on any atom is -0.309 e. The Balaban J connectivity index is 0.527. The Kier molecular flexibility index (Phi) is 18.7. The van der Waals surface area contributed by atoms with E-state index in [0.717, 1.165) is 161 Å². The molecule has 13 heteroatoms. The summed E-state index contributed by atoms with van der Waals surface area (Å²) in [6.45, 7) is 0. The van der Waals surface area contributed by atoms with E-state index in [-0.39, 0.29) is 0 Å². The molecule has 8 heterocycles. The van der Waals surface area contributed by atoms with Crippen molar-refractivity contribution in [1.29, 1.82) is 0 Å². The molecule has 0 bridgehead atoms. The normalized spacial score (nSPS) is 11.8. The van der Waals surface area contributed by atoms with Gasteiger partial charge in [-0.3, -0.25) is 4.57 Å². The average molecular weight is 1780 g/mol. The lowest BCUT2D eigenvalue weighted by Crippen LogP contribution is -2.06. The Morgan fingerprint density at radius 3 is 0.964 bits per heavy atom. The van der Waals surface area contributed by atoms with Gasteiger partial charge >= 0.3 is 0 Å². The number of aromatic nitrogens is 11. The first-order valence-electron chi connectivity index (χ1n) is 46.0. The zero-order chi connectivity index (χ0) is 90.1. The molecule has 0 spiro atoms. The number of rotatable bonds is 16. The van der Waals surface area contributed by atoms with Crippen LogP contribution < -0.4 is 0 Å². The van der Waals surface area contributed by atoms with Gasteiger partial charge in [0, 0.05) is 140 Å². The molecule has 0 fully saturated rings. The maximum atomic E-state index is 5.53.